The number of methoxy groups -OCH3 is 1. The molecule has 0 saturated heterocycles. The summed E-state index contributed by atoms with van der Waals surface area (Å²) in [6.07, 6.45) is 5.26. The summed E-state index contributed by atoms with van der Waals surface area (Å²) in [7, 11) is 1.61. The van der Waals surface area contributed by atoms with Crippen molar-refractivity contribution < 1.29 is 9.53 Å². The van der Waals surface area contributed by atoms with Crippen LogP contribution in [0.25, 0.3) is 0 Å². The van der Waals surface area contributed by atoms with Crippen molar-refractivity contribution >= 4 is 11.6 Å². The predicted molar refractivity (Wildman–Crippen MR) is 76.5 cm³/mol. The maximum Gasteiger partial charge on any atom is 0.238 e. The van der Waals surface area contributed by atoms with Crippen molar-refractivity contribution in [2.45, 2.75) is 25.7 Å². The zero-order valence-electron chi connectivity index (χ0n) is 11.4. The van der Waals surface area contributed by atoms with Gasteiger partial charge in [0.05, 0.1) is 13.7 Å². The summed E-state index contributed by atoms with van der Waals surface area (Å²) in [6, 6.07) is 7.38. The van der Waals surface area contributed by atoms with Gasteiger partial charge in [0.25, 0.3) is 0 Å². The SMILES string of the molecule is COc1cccc(NC(=O)CNCCCC2CC2)c1. The molecule has 1 fully saturated rings. The van der Waals surface area contributed by atoms with Gasteiger partial charge in [-0.15, -0.1) is 0 Å². The van der Waals surface area contributed by atoms with Gasteiger partial charge in [-0.2, -0.15) is 0 Å². The van der Waals surface area contributed by atoms with Crippen LogP contribution in [0.1, 0.15) is 25.7 Å². The number of nitrogens with one attached hydrogen (secondary N) is 2. The molecule has 19 heavy (non-hydrogen) atoms. The Bertz CT molecular complexity index is 416. The molecule has 0 radical (unpaired) electrons. The van der Waals surface area contributed by atoms with E-state index in [9.17, 15) is 4.79 Å². The van der Waals surface area contributed by atoms with E-state index in [1.165, 1.54) is 19.3 Å². The van der Waals surface area contributed by atoms with E-state index in [2.05, 4.69) is 10.6 Å². The van der Waals surface area contributed by atoms with E-state index < -0.39 is 0 Å². The average Bonchev–Trinajstić information content (AvgIpc) is 3.22. The first-order chi connectivity index (χ1) is 9.28. The van der Waals surface area contributed by atoms with Crippen LogP contribution in [-0.2, 0) is 4.79 Å². The van der Waals surface area contributed by atoms with Crippen molar-refractivity contribution in [1.29, 1.82) is 0 Å². The Morgan fingerprint density at radius 2 is 2.26 bits per heavy atom. The minimum atomic E-state index is -0.0142. The number of hydrogen-bond acceptors (Lipinski definition) is 3. The number of hydrogen-bond donors (Lipinski definition) is 2. The molecule has 0 aromatic heterocycles. The van der Waals surface area contributed by atoms with Crippen LogP contribution in [0.2, 0.25) is 0 Å². The first-order valence-electron chi connectivity index (χ1n) is 6.92. The van der Waals surface area contributed by atoms with Crippen LogP contribution >= 0.6 is 0 Å². The van der Waals surface area contributed by atoms with E-state index in [1.54, 1.807) is 7.11 Å². The molecule has 0 spiro atoms. The topological polar surface area (TPSA) is 50.4 Å². The molecule has 2 rings (SSSR count). The van der Waals surface area contributed by atoms with E-state index in [0.717, 1.165) is 30.3 Å². The normalized spacial score (nSPS) is 14.2. The van der Waals surface area contributed by atoms with Crippen molar-refractivity contribution in [2.24, 2.45) is 5.92 Å². The molecule has 0 bridgehead atoms. The summed E-state index contributed by atoms with van der Waals surface area (Å²) in [6.45, 7) is 1.28. The fourth-order valence-electron chi connectivity index (χ4n) is 2.03. The Morgan fingerprint density at radius 3 is 3.00 bits per heavy atom. The standard InChI is InChI=1S/C15H22N2O2/c1-19-14-6-2-5-13(10-14)17-15(18)11-16-9-3-4-12-7-8-12/h2,5-6,10,12,16H,3-4,7-9,11H2,1H3,(H,17,18). The predicted octanol–water partition coefficient (Wildman–Crippen LogP) is 2.41. The maximum absolute atomic E-state index is 11.7. The Balaban J connectivity index is 1.62. The lowest BCUT2D eigenvalue weighted by Gasteiger charge is -2.08. The van der Waals surface area contributed by atoms with Crippen molar-refractivity contribution in [1.82, 2.24) is 5.32 Å². The summed E-state index contributed by atoms with van der Waals surface area (Å²) in [5.74, 6) is 1.70. The highest BCUT2D eigenvalue weighted by molar-refractivity contribution is 5.92. The molecule has 0 atom stereocenters. The van der Waals surface area contributed by atoms with Gasteiger partial charge in [-0.1, -0.05) is 18.9 Å². The number of carbonyl (C=O) groups excluding carboxylic acids is 1. The zero-order chi connectivity index (χ0) is 13.5. The first-order valence-corrected chi connectivity index (χ1v) is 6.92. The van der Waals surface area contributed by atoms with E-state index in [-0.39, 0.29) is 5.91 Å². The highest BCUT2D eigenvalue weighted by Crippen LogP contribution is 2.33. The van der Waals surface area contributed by atoms with Crippen LogP contribution in [-0.4, -0.2) is 26.1 Å². The van der Waals surface area contributed by atoms with Crippen molar-refractivity contribution in [3.63, 3.8) is 0 Å². The Hall–Kier alpha value is -1.55. The minimum Gasteiger partial charge on any atom is -0.497 e. The average molecular weight is 262 g/mol. The lowest BCUT2D eigenvalue weighted by atomic mass is 10.2. The van der Waals surface area contributed by atoms with Crippen LogP contribution in [0.3, 0.4) is 0 Å². The van der Waals surface area contributed by atoms with Gasteiger partial charge >= 0.3 is 0 Å². The lowest BCUT2D eigenvalue weighted by molar-refractivity contribution is -0.115. The highest BCUT2D eigenvalue weighted by atomic mass is 16.5. The molecule has 1 aliphatic rings. The number of benzene rings is 1. The Labute approximate surface area is 114 Å². The molecule has 0 aliphatic heterocycles. The third kappa shape index (κ3) is 5.30. The van der Waals surface area contributed by atoms with Crippen LogP contribution in [0.4, 0.5) is 5.69 Å². The fourth-order valence-corrected chi connectivity index (χ4v) is 2.03. The largest absolute Gasteiger partial charge is 0.497 e. The third-order valence-electron chi connectivity index (χ3n) is 3.30. The van der Waals surface area contributed by atoms with Crippen molar-refractivity contribution in [3.05, 3.63) is 24.3 Å². The molecular formula is C15H22N2O2. The Kier molecular flexibility index (Phi) is 5.21. The molecule has 0 unspecified atom stereocenters. The van der Waals surface area contributed by atoms with Crippen LogP contribution in [0.5, 0.6) is 5.75 Å². The summed E-state index contributed by atoms with van der Waals surface area (Å²) in [5, 5.41) is 6.02. The molecule has 1 aromatic carbocycles. The zero-order valence-corrected chi connectivity index (χ0v) is 11.4. The second-order valence-corrected chi connectivity index (χ2v) is 5.04. The summed E-state index contributed by atoms with van der Waals surface area (Å²) < 4.78 is 5.11. The summed E-state index contributed by atoms with van der Waals surface area (Å²) >= 11 is 0. The molecule has 1 aromatic rings. The Morgan fingerprint density at radius 1 is 1.42 bits per heavy atom. The van der Waals surface area contributed by atoms with Gasteiger partial charge in [-0.05, 0) is 37.4 Å². The van der Waals surface area contributed by atoms with Crippen molar-refractivity contribution in [2.75, 3.05) is 25.5 Å². The van der Waals surface area contributed by atoms with Gasteiger partial charge in [-0.25, -0.2) is 0 Å². The number of carbonyl (C=O) groups is 1. The first kappa shape index (κ1) is 13.9. The molecule has 4 nitrogen and oxygen atoms in total. The molecular weight excluding hydrogens is 240 g/mol. The summed E-state index contributed by atoms with van der Waals surface area (Å²) in [4.78, 5) is 11.7. The molecule has 104 valence electrons. The van der Waals surface area contributed by atoms with E-state index in [1.807, 2.05) is 24.3 Å². The molecule has 0 heterocycles. The molecule has 4 heteroatoms. The van der Waals surface area contributed by atoms with E-state index in [0.29, 0.717) is 6.54 Å². The molecule has 1 amide bonds. The van der Waals surface area contributed by atoms with Crippen molar-refractivity contribution in [3.8, 4) is 5.75 Å². The minimum absolute atomic E-state index is 0.0142. The molecule has 2 N–H and O–H groups in total. The van der Waals surface area contributed by atoms with Gasteiger partial charge in [0.2, 0.25) is 5.91 Å². The van der Waals surface area contributed by atoms with E-state index in [4.69, 9.17) is 4.74 Å². The van der Waals surface area contributed by atoms with Crippen LogP contribution in [0, 0.1) is 5.92 Å². The highest BCUT2D eigenvalue weighted by Gasteiger charge is 2.19. The second-order valence-electron chi connectivity index (χ2n) is 5.04. The van der Waals surface area contributed by atoms with Gasteiger partial charge in [-0.3, -0.25) is 4.79 Å². The fraction of sp³-hybridized carbons (Fsp3) is 0.533. The van der Waals surface area contributed by atoms with Gasteiger partial charge in [0.1, 0.15) is 5.75 Å². The smallest absolute Gasteiger partial charge is 0.238 e. The lowest BCUT2D eigenvalue weighted by Crippen LogP contribution is -2.28. The van der Waals surface area contributed by atoms with Crippen LogP contribution in [0.15, 0.2) is 24.3 Å². The number of amides is 1. The number of anilines is 1. The van der Waals surface area contributed by atoms with Gasteiger partial charge < -0.3 is 15.4 Å². The summed E-state index contributed by atoms with van der Waals surface area (Å²) in [5.41, 5.74) is 0.768. The van der Waals surface area contributed by atoms with Crippen LogP contribution < -0.4 is 15.4 Å². The third-order valence-corrected chi connectivity index (χ3v) is 3.30. The number of ether oxygens (including phenoxy) is 1. The monoisotopic (exact) mass is 262 g/mol. The van der Waals surface area contributed by atoms with E-state index >= 15 is 0 Å². The number of rotatable bonds is 8. The molecule has 1 saturated carbocycles. The maximum atomic E-state index is 11.7. The van der Waals surface area contributed by atoms with Gasteiger partial charge in [0, 0.05) is 11.8 Å². The van der Waals surface area contributed by atoms with Gasteiger partial charge in [0.15, 0.2) is 0 Å². The molecule has 1 aliphatic carbocycles. The second kappa shape index (κ2) is 7.14. The quantitative estimate of drug-likeness (QED) is 0.707.